The van der Waals surface area contributed by atoms with Crippen molar-refractivity contribution in [2.45, 2.75) is 23.5 Å². The molecule has 1 fully saturated rings. The highest BCUT2D eigenvalue weighted by Crippen LogP contribution is 2.31. The van der Waals surface area contributed by atoms with Gasteiger partial charge < -0.3 is 5.32 Å². The van der Waals surface area contributed by atoms with Crippen molar-refractivity contribution in [1.29, 1.82) is 0 Å². The predicted molar refractivity (Wildman–Crippen MR) is 115 cm³/mol. The molecule has 0 bridgehead atoms. The highest BCUT2D eigenvalue weighted by atomic mass is 35.5. The second-order valence-corrected chi connectivity index (χ2v) is 9.32. The maximum atomic E-state index is 12.6. The fraction of sp³-hybridized carbons (Fsp3) is 0.211. The molecule has 1 aliphatic heterocycles. The molecular formula is C19H18ClN3O4S2. The number of amides is 2. The van der Waals surface area contributed by atoms with Crippen LogP contribution in [0.25, 0.3) is 0 Å². The number of rotatable bonds is 6. The zero-order valence-electron chi connectivity index (χ0n) is 15.4. The molecule has 0 radical (unpaired) electrons. The van der Waals surface area contributed by atoms with E-state index in [1.54, 1.807) is 49.4 Å². The van der Waals surface area contributed by atoms with E-state index in [4.69, 9.17) is 11.6 Å². The summed E-state index contributed by atoms with van der Waals surface area (Å²) in [7, 11) is -3.95. The van der Waals surface area contributed by atoms with Crippen molar-refractivity contribution in [3.8, 4) is 0 Å². The molecule has 1 heterocycles. The number of amidine groups is 1. The number of nitrogens with zero attached hydrogens (tertiary/aromatic N) is 2. The maximum Gasteiger partial charge on any atom is 0.284 e. The van der Waals surface area contributed by atoms with Crippen molar-refractivity contribution < 1.29 is 18.0 Å². The topological polar surface area (TPSA) is 95.9 Å². The van der Waals surface area contributed by atoms with Crippen molar-refractivity contribution in [3.63, 3.8) is 0 Å². The molecule has 2 amide bonds. The lowest BCUT2D eigenvalue weighted by Gasteiger charge is -2.13. The van der Waals surface area contributed by atoms with Gasteiger partial charge in [-0.25, -0.2) is 0 Å². The van der Waals surface area contributed by atoms with E-state index in [1.165, 1.54) is 17.0 Å². The summed E-state index contributed by atoms with van der Waals surface area (Å²) in [4.78, 5) is 26.3. The Morgan fingerprint density at radius 1 is 1.17 bits per heavy atom. The minimum Gasteiger partial charge on any atom is -0.326 e. The van der Waals surface area contributed by atoms with Crippen LogP contribution in [0.2, 0.25) is 5.02 Å². The molecular weight excluding hydrogens is 434 g/mol. The van der Waals surface area contributed by atoms with Crippen LogP contribution in [0.3, 0.4) is 0 Å². The first kappa shape index (κ1) is 21.4. The van der Waals surface area contributed by atoms with E-state index in [2.05, 4.69) is 9.71 Å². The molecule has 3 rings (SSSR count). The van der Waals surface area contributed by atoms with Crippen molar-refractivity contribution >= 4 is 56.1 Å². The number of halogens is 1. The van der Waals surface area contributed by atoms with Crippen LogP contribution < -0.4 is 5.32 Å². The van der Waals surface area contributed by atoms with Crippen LogP contribution in [0.15, 0.2) is 63.9 Å². The molecule has 2 aromatic carbocycles. The van der Waals surface area contributed by atoms with E-state index in [1.807, 2.05) is 0 Å². The summed E-state index contributed by atoms with van der Waals surface area (Å²) >= 11 is 6.80. The normalized spacial score (nSPS) is 18.3. The van der Waals surface area contributed by atoms with Crippen LogP contribution in [-0.2, 0) is 19.6 Å². The third-order valence-electron chi connectivity index (χ3n) is 4.07. The second kappa shape index (κ2) is 8.98. The molecule has 0 saturated carbocycles. The Morgan fingerprint density at radius 3 is 2.45 bits per heavy atom. The van der Waals surface area contributed by atoms with Gasteiger partial charge in [-0.05, 0) is 43.3 Å². The maximum absolute atomic E-state index is 12.6. The molecule has 2 aromatic rings. The largest absolute Gasteiger partial charge is 0.326 e. The van der Waals surface area contributed by atoms with Crippen LogP contribution >= 0.6 is 23.4 Å². The number of benzene rings is 2. The number of hydrogen-bond donors (Lipinski definition) is 1. The van der Waals surface area contributed by atoms with Gasteiger partial charge in [0.1, 0.15) is 5.25 Å². The third-order valence-corrected chi connectivity index (χ3v) is 6.90. The molecule has 29 heavy (non-hydrogen) atoms. The molecule has 0 spiro atoms. The number of sulfonamides is 1. The van der Waals surface area contributed by atoms with Gasteiger partial charge in [-0.2, -0.15) is 8.42 Å². The molecule has 0 aliphatic carbocycles. The van der Waals surface area contributed by atoms with Crippen molar-refractivity contribution in [3.05, 3.63) is 59.6 Å². The Kier molecular flexibility index (Phi) is 6.61. The monoisotopic (exact) mass is 451 g/mol. The van der Waals surface area contributed by atoms with Gasteiger partial charge in [-0.15, -0.1) is 4.40 Å². The highest BCUT2D eigenvalue weighted by molar-refractivity contribution is 8.16. The van der Waals surface area contributed by atoms with Crippen molar-refractivity contribution in [2.75, 3.05) is 11.9 Å². The van der Waals surface area contributed by atoms with Crippen LogP contribution in [0.1, 0.15) is 13.3 Å². The van der Waals surface area contributed by atoms with Gasteiger partial charge in [0.25, 0.3) is 10.0 Å². The van der Waals surface area contributed by atoms with Crippen molar-refractivity contribution in [1.82, 2.24) is 4.90 Å². The molecule has 1 unspecified atom stereocenters. The minimum atomic E-state index is -3.95. The lowest BCUT2D eigenvalue weighted by atomic mass is 10.2. The first-order valence-corrected chi connectivity index (χ1v) is 11.4. The Labute approximate surface area is 178 Å². The number of nitrogens with one attached hydrogen (secondary N) is 1. The summed E-state index contributed by atoms with van der Waals surface area (Å²) in [5, 5.41) is 2.57. The number of hydrogen-bond acceptors (Lipinski definition) is 5. The van der Waals surface area contributed by atoms with Crippen molar-refractivity contribution in [2.24, 2.45) is 4.40 Å². The lowest BCUT2D eigenvalue weighted by molar-refractivity contribution is -0.128. The third kappa shape index (κ3) is 5.17. The highest BCUT2D eigenvalue weighted by Gasteiger charge is 2.39. The van der Waals surface area contributed by atoms with Gasteiger partial charge in [0.05, 0.1) is 4.90 Å². The van der Waals surface area contributed by atoms with Crippen LogP contribution in [0, 0.1) is 0 Å². The van der Waals surface area contributed by atoms with Gasteiger partial charge in [0.15, 0.2) is 5.17 Å². The summed E-state index contributed by atoms with van der Waals surface area (Å²) in [6, 6.07) is 14.4. The Bertz CT molecular complexity index is 1040. The van der Waals surface area contributed by atoms with E-state index in [0.717, 1.165) is 11.8 Å². The van der Waals surface area contributed by atoms with Gasteiger partial charge in [-0.3, -0.25) is 14.5 Å². The minimum absolute atomic E-state index is 0.0422. The van der Waals surface area contributed by atoms with E-state index < -0.39 is 15.3 Å². The first-order valence-electron chi connectivity index (χ1n) is 8.73. The van der Waals surface area contributed by atoms with E-state index >= 15 is 0 Å². The summed E-state index contributed by atoms with van der Waals surface area (Å²) in [6.07, 6.45) is -0.104. The molecule has 1 atom stereocenters. The van der Waals surface area contributed by atoms with Gasteiger partial charge in [0.2, 0.25) is 11.8 Å². The van der Waals surface area contributed by atoms with Gasteiger partial charge in [-0.1, -0.05) is 41.6 Å². The summed E-state index contributed by atoms with van der Waals surface area (Å²) in [5.41, 5.74) is 0.558. The number of carbonyl (C=O) groups excluding carboxylic acids is 2. The van der Waals surface area contributed by atoms with Gasteiger partial charge >= 0.3 is 0 Å². The van der Waals surface area contributed by atoms with Crippen LogP contribution in [0.4, 0.5) is 5.69 Å². The Hall–Kier alpha value is -2.36. The van der Waals surface area contributed by atoms with Crippen LogP contribution in [0.5, 0.6) is 0 Å². The summed E-state index contributed by atoms with van der Waals surface area (Å²) < 4.78 is 28.9. The van der Waals surface area contributed by atoms with Crippen LogP contribution in [-0.4, -0.2) is 42.1 Å². The molecule has 7 nitrogen and oxygen atoms in total. The lowest BCUT2D eigenvalue weighted by Crippen LogP contribution is -2.33. The molecule has 1 aliphatic rings. The second-order valence-electron chi connectivity index (χ2n) is 6.11. The molecule has 152 valence electrons. The number of thioether (sulfide) groups is 1. The summed E-state index contributed by atoms with van der Waals surface area (Å²) in [5.74, 6) is -0.702. The average Bonchev–Trinajstić information content (AvgIpc) is 2.97. The molecule has 10 heteroatoms. The first-order chi connectivity index (χ1) is 13.8. The van der Waals surface area contributed by atoms with E-state index in [0.29, 0.717) is 10.7 Å². The Balaban J connectivity index is 1.74. The van der Waals surface area contributed by atoms with E-state index in [9.17, 15) is 18.0 Å². The predicted octanol–water partition coefficient (Wildman–Crippen LogP) is 3.38. The summed E-state index contributed by atoms with van der Waals surface area (Å²) in [6.45, 7) is 1.98. The average molecular weight is 452 g/mol. The quantitative estimate of drug-likeness (QED) is 0.726. The van der Waals surface area contributed by atoms with E-state index in [-0.39, 0.29) is 34.8 Å². The Morgan fingerprint density at radius 2 is 1.83 bits per heavy atom. The SMILES string of the molecule is CCN1C(=O)C(CC(=O)Nc2ccc(Cl)cc2)S/C1=N\S(=O)(=O)c1ccccc1. The molecule has 0 aromatic heterocycles. The smallest absolute Gasteiger partial charge is 0.284 e. The van der Waals surface area contributed by atoms with Gasteiger partial charge in [0, 0.05) is 23.7 Å². The standard InChI is InChI=1S/C19H18ClN3O4S2/c1-2-23-18(25)16(12-17(24)21-14-10-8-13(20)9-11-14)28-19(23)22-29(26,27)15-6-4-3-5-7-15/h3-11,16H,2,12H2,1H3,(H,21,24)/b22-19-. The zero-order chi connectivity index (χ0) is 21.0. The fourth-order valence-corrected chi connectivity index (χ4v) is 5.23. The number of anilines is 1. The zero-order valence-corrected chi connectivity index (χ0v) is 17.8. The molecule has 1 saturated heterocycles. The fourth-order valence-electron chi connectivity index (χ4n) is 2.66. The molecule has 1 N–H and O–H groups in total. The number of carbonyl (C=O) groups is 2.